The van der Waals surface area contributed by atoms with Crippen molar-refractivity contribution in [2.75, 3.05) is 26.2 Å². The fourth-order valence-corrected chi connectivity index (χ4v) is 6.54. The molecule has 5 rings (SSSR count). The van der Waals surface area contributed by atoms with Gasteiger partial charge in [-0.3, -0.25) is 9.69 Å². The van der Waals surface area contributed by atoms with Crippen molar-refractivity contribution in [2.45, 2.75) is 83.0 Å². The quantitative estimate of drug-likeness (QED) is 0.723. The summed E-state index contributed by atoms with van der Waals surface area (Å²) in [6.45, 7) is 7.00. The number of carbonyl (C=O) groups excluding carboxylic acids is 2. The Hall–Kier alpha value is -1.14. The lowest BCUT2D eigenvalue weighted by Gasteiger charge is -2.47. The van der Waals surface area contributed by atoms with Crippen LogP contribution in [-0.4, -0.2) is 65.8 Å². The van der Waals surface area contributed by atoms with E-state index >= 15 is 0 Å². The normalized spacial score (nSPS) is 41.9. The van der Waals surface area contributed by atoms with E-state index < -0.39 is 0 Å². The molecule has 1 spiro atoms. The molecule has 3 aliphatic heterocycles. The van der Waals surface area contributed by atoms with Gasteiger partial charge in [-0.05, 0) is 70.6 Å². The van der Waals surface area contributed by atoms with E-state index in [1.165, 1.54) is 6.42 Å². The predicted octanol–water partition coefficient (Wildman–Crippen LogP) is 3.19. The second-order valence-electron chi connectivity index (χ2n) is 10.1. The van der Waals surface area contributed by atoms with E-state index in [0.29, 0.717) is 43.6 Å². The number of nitrogens with zero attached hydrogens (tertiary/aromatic N) is 2. The Morgan fingerprint density at radius 1 is 1.14 bits per heavy atom. The fourth-order valence-electron chi connectivity index (χ4n) is 6.54. The number of urea groups is 1. The van der Waals surface area contributed by atoms with Crippen molar-refractivity contribution in [3.05, 3.63) is 0 Å². The molecule has 4 atom stereocenters. The van der Waals surface area contributed by atoms with Gasteiger partial charge in [0.2, 0.25) is 5.91 Å². The van der Waals surface area contributed by atoms with Gasteiger partial charge in [0, 0.05) is 31.5 Å². The monoisotopic (exact) mass is 390 g/mol. The summed E-state index contributed by atoms with van der Waals surface area (Å²) in [5, 5.41) is 0. The minimum absolute atomic E-state index is 0.0101. The summed E-state index contributed by atoms with van der Waals surface area (Å²) in [7, 11) is 0. The molecule has 5 aliphatic rings. The third kappa shape index (κ3) is 2.90. The predicted molar refractivity (Wildman–Crippen MR) is 104 cm³/mol. The molecule has 2 saturated carbocycles. The van der Waals surface area contributed by atoms with Crippen molar-refractivity contribution < 1.29 is 19.1 Å². The van der Waals surface area contributed by atoms with Gasteiger partial charge in [-0.1, -0.05) is 0 Å². The van der Waals surface area contributed by atoms with Gasteiger partial charge < -0.3 is 14.4 Å². The third-order valence-electron chi connectivity index (χ3n) is 8.30. The molecule has 3 saturated heterocycles. The maximum atomic E-state index is 13.2. The van der Waals surface area contributed by atoms with Crippen LogP contribution < -0.4 is 0 Å². The van der Waals surface area contributed by atoms with E-state index in [2.05, 4.69) is 13.8 Å². The van der Waals surface area contributed by atoms with Crippen LogP contribution in [0.2, 0.25) is 0 Å². The fraction of sp³-hybridized carbons (Fsp3) is 0.909. The molecule has 3 heterocycles. The first kappa shape index (κ1) is 18.9. The number of rotatable bonds is 5. The maximum absolute atomic E-state index is 13.2. The topological polar surface area (TPSA) is 59.1 Å². The Morgan fingerprint density at radius 2 is 1.89 bits per heavy atom. The van der Waals surface area contributed by atoms with Crippen LogP contribution in [0.3, 0.4) is 0 Å². The highest BCUT2D eigenvalue weighted by atomic mass is 16.5. The van der Waals surface area contributed by atoms with Gasteiger partial charge >= 0.3 is 6.03 Å². The molecule has 0 aromatic rings. The van der Waals surface area contributed by atoms with Gasteiger partial charge in [-0.25, -0.2) is 4.79 Å². The SMILES string of the molecule is CC1CC(CCN2CCC(=O)N(C[C@]34C[C@H]3COC43CCC3)C2=O)CC(C)O1. The minimum Gasteiger partial charge on any atom is -0.376 e. The highest BCUT2D eigenvalue weighted by Gasteiger charge is 2.74. The van der Waals surface area contributed by atoms with E-state index in [1.807, 2.05) is 4.90 Å². The summed E-state index contributed by atoms with van der Waals surface area (Å²) >= 11 is 0. The second-order valence-corrected chi connectivity index (χ2v) is 10.1. The Morgan fingerprint density at radius 3 is 2.54 bits per heavy atom. The van der Waals surface area contributed by atoms with Crippen LogP contribution in [0, 0.1) is 17.3 Å². The largest absolute Gasteiger partial charge is 0.376 e. The maximum Gasteiger partial charge on any atom is 0.326 e. The van der Waals surface area contributed by atoms with E-state index in [0.717, 1.165) is 51.7 Å². The summed E-state index contributed by atoms with van der Waals surface area (Å²) in [5.74, 6) is 1.16. The molecule has 0 bridgehead atoms. The zero-order chi connectivity index (χ0) is 19.5. The average molecular weight is 391 g/mol. The van der Waals surface area contributed by atoms with Gasteiger partial charge in [-0.15, -0.1) is 0 Å². The molecule has 6 nitrogen and oxygen atoms in total. The van der Waals surface area contributed by atoms with Crippen molar-refractivity contribution in [2.24, 2.45) is 17.3 Å². The van der Waals surface area contributed by atoms with Gasteiger partial charge in [-0.2, -0.15) is 0 Å². The number of fused-ring (bicyclic) bond motifs is 2. The van der Waals surface area contributed by atoms with Gasteiger partial charge in [0.05, 0.1) is 24.4 Å². The van der Waals surface area contributed by atoms with Crippen molar-refractivity contribution in [3.63, 3.8) is 0 Å². The van der Waals surface area contributed by atoms with E-state index in [1.54, 1.807) is 4.90 Å². The molecule has 5 fully saturated rings. The Balaban J connectivity index is 1.22. The first-order valence-electron chi connectivity index (χ1n) is 11.3. The molecule has 2 aliphatic carbocycles. The van der Waals surface area contributed by atoms with Gasteiger partial charge in [0.1, 0.15) is 0 Å². The number of hydrogen-bond donors (Lipinski definition) is 0. The first-order chi connectivity index (χ1) is 13.4. The Kier molecular flexibility index (Phi) is 4.51. The molecule has 3 amide bonds. The van der Waals surface area contributed by atoms with Crippen LogP contribution in [-0.2, 0) is 14.3 Å². The highest BCUT2D eigenvalue weighted by Crippen LogP contribution is 2.71. The lowest BCUT2D eigenvalue weighted by atomic mass is 9.68. The van der Waals surface area contributed by atoms with E-state index in [9.17, 15) is 9.59 Å². The van der Waals surface area contributed by atoms with Crippen LogP contribution >= 0.6 is 0 Å². The molecule has 28 heavy (non-hydrogen) atoms. The number of carbonyl (C=O) groups is 2. The second kappa shape index (κ2) is 6.69. The van der Waals surface area contributed by atoms with Crippen molar-refractivity contribution in [3.8, 4) is 0 Å². The Bertz CT molecular complexity index is 653. The van der Waals surface area contributed by atoms with Crippen molar-refractivity contribution >= 4 is 11.9 Å². The molecular formula is C22H34N2O4. The minimum atomic E-state index is -0.0641. The summed E-state index contributed by atoms with van der Waals surface area (Å²) in [6, 6.07) is -0.0641. The number of imide groups is 1. The number of amides is 3. The molecule has 0 N–H and O–H groups in total. The van der Waals surface area contributed by atoms with Gasteiger partial charge in [0.25, 0.3) is 0 Å². The summed E-state index contributed by atoms with van der Waals surface area (Å²) < 4.78 is 12.0. The van der Waals surface area contributed by atoms with Crippen LogP contribution in [0.5, 0.6) is 0 Å². The molecule has 2 unspecified atom stereocenters. The average Bonchev–Trinajstić information content (AvgIpc) is 3.21. The number of hydrogen-bond acceptors (Lipinski definition) is 4. The van der Waals surface area contributed by atoms with Crippen LogP contribution in [0.4, 0.5) is 4.79 Å². The molecule has 6 heteroatoms. The van der Waals surface area contributed by atoms with Crippen LogP contribution in [0.25, 0.3) is 0 Å². The van der Waals surface area contributed by atoms with Crippen molar-refractivity contribution in [1.29, 1.82) is 0 Å². The lowest BCUT2D eigenvalue weighted by Crippen LogP contribution is -2.58. The van der Waals surface area contributed by atoms with Gasteiger partial charge in [0.15, 0.2) is 0 Å². The van der Waals surface area contributed by atoms with Crippen LogP contribution in [0.15, 0.2) is 0 Å². The summed E-state index contributed by atoms with van der Waals surface area (Å²) in [6.07, 6.45) is 8.75. The molecule has 156 valence electrons. The van der Waals surface area contributed by atoms with E-state index in [-0.39, 0.29) is 23.0 Å². The van der Waals surface area contributed by atoms with Crippen molar-refractivity contribution in [1.82, 2.24) is 9.80 Å². The number of ether oxygens (including phenoxy) is 2. The summed E-state index contributed by atoms with van der Waals surface area (Å²) in [4.78, 5) is 29.3. The van der Waals surface area contributed by atoms with E-state index in [4.69, 9.17) is 9.47 Å². The summed E-state index contributed by atoms with van der Waals surface area (Å²) in [5.41, 5.74) is 0.0278. The molecule has 0 aromatic heterocycles. The zero-order valence-electron chi connectivity index (χ0n) is 17.3. The standard InChI is InChI=1S/C22H34N2O4/c1-15-10-17(11-16(2)28-15)4-8-23-9-5-19(25)24(20(23)26)14-21-12-18(21)13-27-22(21)6-3-7-22/h15-18H,3-14H2,1-2H3/t15?,16?,17?,18-,21+/m0/s1. The third-order valence-corrected chi connectivity index (χ3v) is 8.30. The molecular weight excluding hydrogens is 356 g/mol. The highest BCUT2D eigenvalue weighted by molar-refractivity contribution is 5.97. The Labute approximate surface area is 167 Å². The molecule has 0 radical (unpaired) electrons. The van der Waals surface area contributed by atoms with Crippen LogP contribution in [0.1, 0.15) is 65.2 Å². The molecule has 0 aromatic carbocycles. The lowest BCUT2D eigenvalue weighted by molar-refractivity contribution is -0.138. The zero-order valence-corrected chi connectivity index (χ0v) is 17.3. The first-order valence-corrected chi connectivity index (χ1v) is 11.3. The smallest absolute Gasteiger partial charge is 0.326 e.